The first-order valence-electron chi connectivity index (χ1n) is 9.86. The Morgan fingerprint density at radius 2 is 1.43 bits per heavy atom. The molecule has 5 nitrogen and oxygen atoms in total. The lowest BCUT2D eigenvalue weighted by Crippen LogP contribution is -2.46. The van der Waals surface area contributed by atoms with E-state index >= 15 is 0 Å². The molecule has 0 radical (unpaired) electrons. The monoisotopic (exact) mass is 401 g/mol. The molecule has 3 aromatic carbocycles. The summed E-state index contributed by atoms with van der Waals surface area (Å²) >= 11 is 0. The smallest absolute Gasteiger partial charge is 0.329 e. The molecule has 0 saturated carbocycles. The van der Waals surface area contributed by atoms with Crippen LogP contribution in [-0.2, 0) is 25.7 Å². The van der Waals surface area contributed by atoms with Crippen molar-refractivity contribution in [1.82, 2.24) is 5.32 Å². The van der Waals surface area contributed by atoms with Crippen LogP contribution in [0.15, 0.2) is 78.9 Å². The molecule has 5 heteroatoms. The lowest BCUT2D eigenvalue weighted by atomic mass is 9.89. The zero-order valence-corrected chi connectivity index (χ0v) is 16.7. The third kappa shape index (κ3) is 3.98. The Labute approximate surface area is 175 Å². The number of nitrogens with one attached hydrogen (secondary N) is 1. The number of carbonyl (C=O) groups is 2. The Morgan fingerprint density at radius 3 is 2.03 bits per heavy atom. The third-order valence-corrected chi connectivity index (χ3v) is 5.33. The highest BCUT2D eigenvalue weighted by Crippen LogP contribution is 2.46. The van der Waals surface area contributed by atoms with Crippen LogP contribution >= 0.6 is 0 Å². The molecule has 0 fully saturated rings. The molecule has 0 saturated heterocycles. The summed E-state index contributed by atoms with van der Waals surface area (Å²) in [5, 5.41) is 2.84. The molecule has 1 aliphatic rings. The first kappa shape index (κ1) is 19.9. The van der Waals surface area contributed by atoms with Crippen LogP contribution < -0.4 is 5.32 Å². The largest absolute Gasteiger partial charge is 0.467 e. The van der Waals surface area contributed by atoms with E-state index < -0.39 is 12.0 Å². The van der Waals surface area contributed by atoms with Gasteiger partial charge in [0.05, 0.1) is 13.7 Å². The number of benzene rings is 3. The van der Waals surface area contributed by atoms with Crippen molar-refractivity contribution < 1.29 is 19.1 Å². The first-order valence-corrected chi connectivity index (χ1v) is 9.86. The molecule has 0 heterocycles. The van der Waals surface area contributed by atoms with Crippen molar-refractivity contribution in [3.8, 4) is 11.1 Å². The average molecular weight is 401 g/mol. The summed E-state index contributed by atoms with van der Waals surface area (Å²) in [7, 11) is 1.33. The summed E-state index contributed by atoms with van der Waals surface area (Å²) in [6.45, 7) is 0.185. The van der Waals surface area contributed by atoms with Crippen molar-refractivity contribution in [1.29, 1.82) is 0 Å². The Hall–Kier alpha value is -3.44. The second-order valence-corrected chi connectivity index (χ2v) is 7.20. The highest BCUT2D eigenvalue weighted by Gasteiger charge is 2.39. The maximum Gasteiger partial charge on any atom is 0.329 e. The van der Waals surface area contributed by atoms with Crippen LogP contribution in [-0.4, -0.2) is 31.6 Å². The fourth-order valence-corrected chi connectivity index (χ4v) is 4.01. The zero-order valence-electron chi connectivity index (χ0n) is 16.7. The minimum atomic E-state index is -0.840. The highest BCUT2D eigenvalue weighted by molar-refractivity contribution is 5.89. The fourth-order valence-electron chi connectivity index (χ4n) is 4.01. The molecule has 0 aliphatic heterocycles. The van der Waals surface area contributed by atoms with Crippen LogP contribution in [0.5, 0.6) is 0 Å². The van der Waals surface area contributed by atoms with Gasteiger partial charge in [0.2, 0.25) is 5.91 Å². The van der Waals surface area contributed by atoms with E-state index in [2.05, 4.69) is 5.32 Å². The van der Waals surface area contributed by atoms with E-state index in [0.29, 0.717) is 6.61 Å². The van der Waals surface area contributed by atoms with Crippen molar-refractivity contribution in [2.45, 2.75) is 18.6 Å². The van der Waals surface area contributed by atoms with Crippen molar-refractivity contribution in [3.63, 3.8) is 0 Å². The number of methoxy groups -OCH3 is 1. The predicted octanol–water partition coefficient (Wildman–Crippen LogP) is 3.67. The van der Waals surface area contributed by atoms with Crippen LogP contribution in [0.2, 0.25) is 0 Å². The molecule has 152 valence electrons. The molecule has 0 bridgehead atoms. The van der Waals surface area contributed by atoms with E-state index in [1.165, 1.54) is 7.11 Å². The summed E-state index contributed by atoms with van der Waals surface area (Å²) in [5.41, 5.74) is 5.12. The normalized spacial score (nSPS) is 13.2. The van der Waals surface area contributed by atoms with Crippen molar-refractivity contribution >= 4 is 11.9 Å². The van der Waals surface area contributed by atoms with Gasteiger partial charge in [0.15, 0.2) is 0 Å². The molecule has 1 atom stereocenters. The van der Waals surface area contributed by atoms with Gasteiger partial charge in [-0.15, -0.1) is 0 Å². The molecular weight excluding hydrogens is 378 g/mol. The third-order valence-electron chi connectivity index (χ3n) is 5.33. The standard InChI is InChI=1S/C25H23NO4/c1-29-25(28)24(26-22(27)16-30-15-17-9-3-2-4-10-17)23-20-13-7-5-11-18(20)19-12-6-8-14-21(19)23/h2-14,23-24H,15-16H2,1H3,(H,26,27)/t24-/m1/s1. The van der Waals surface area contributed by atoms with Crippen LogP contribution in [0.3, 0.4) is 0 Å². The zero-order chi connectivity index (χ0) is 20.9. The SMILES string of the molecule is COC(=O)[C@H](NC(=O)COCc1ccccc1)C1c2ccccc2-c2ccccc21. The maximum absolute atomic E-state index is 12.7. The van der Waals surface area contributed by atoms with E-state index in [1.54, 1.807) is 0 Å². The van der Waals surface area contributed by atoms with Gasteiger partial charge in [-0.05, 0) is 27.8 Å². The van der Waals surface area contributed by atoms with Gasteiger partial charge in [-0.3, -0.25) is 4.79 Å². The summed E-state index contributed by atoms with van der Waals surface area (Å²) in [4.78, 5) is 25.3. The molecular formula is C25H23NO4. The van der Waals surface area contributed by atoms with E-state index in [9.17, 15) is 9.59 Å². The van der Waals surface area contributed by atoms with Crippen molar-refractivity contribution in [2.24, 2.45) is 0 Å². The fraction of sp³-hybridized carbons (Fsp3) is 0.200. The average Bonchev–Trinajstić information content (AvgIpc) is 3.12. The lowest BCUT2D eigenvalue weighted by Gasteiger charge is -2.24. The van der Waals surface area contributed by atoms with Crippen LogP contribution in [0.1, 0.15) is 22.6 Å². The van der Waals surface area contributed by atoms with Gasteiger partial charge < -0.3 is 14.8 Å². The Balaban J connectivity index is 1.53. The molecule has 0 aromatic heterocycles. The number of esters is 1. The number of carbonyl (C=O) groups excluding carboxylic acids is 2. The van der Waals surface area contributed by atoms with E-state index in [4.69, 9.17) is 9.47 Å². The number of ether oxygens (including phenoxy) is 2. The van der Waals surface area contributed by atoms with Crippen LogP contribution in [0.25, 0.3) is 11.1 Å². The summed E-state index contributed by atoms with van der Waals surface area (Å²) in [6, 6.07) is 24.7. The van der Waals surface area contributed by atoms with E-state index in [1.807, 2.05) is 78.9 Å². The number of amides is 1. The number of hydrogen-bond acceptors (Lipinski definition) is 4. The van der Waals surface area contributed by atoms with E-state index in [-0.39, 0.29) is 18.4 Å². The Morgan fingerprint density at radius 1 is 0.867 bits per heavy atom. The van der Waals surface area contributed by atoms with E-state index in [0.717, 1.165) is 27.8 Å². The van der Waals surface area contributed by atoms with Gasteiger partial charge in [-0.25, -0.2) is 4.79 Å². The minimum absolute atomic E-state index is 0.140. The van der Waals surface area contributed by atoms with Gasteiger partial charge in [0.25, 0.3) is 0 Å². The van der Waals surface area contributed by atoms with Gasteiger partial charge >= 0.3 is 5.97 Å². The molecule has 1 N–H and O–H groups in total. The van der Waals surface area contributed by atoms with Crippen molar-refractivity contribution in [2.75, 3.05) is 13.7 Å². The number of rotatable bonds is 7. The van der Waals surface area contributed by atoms with Gasteiger partial charge in [-0.1, -0.05) is 78.9 Å². The first-order chi connectivity index (χ1) is 14.7. The molecule has 4 rings (SSSR count). The summed E-state index contributed by atoms with van der Waals surface area (Å²) in [5.74, 6) is -1.16. The number of hydrogen-bond donors (Lipinski definition) is 1. The quantitative estimate of drug-likeness (QED) is 0.614. The molecule has 0 spiro atoms. The molecule has 30 heavy (non-hydrogen) atoms. The summed E-state index contributed by atoms with van der Waals surface area (Å²) in [6.07, 6.45) is 0. The maximum atomic E-state index is 12.7. The topological polar surface area (TPSA) is 64.6 Å². The van der Waals surface area contributed by atoms with Crippen LogP contribution in [0.4, 0.5) is 0 Å². The molecule has 3 aromatic rings. The lowest BCUT2D eigenvalue weighted by molar-refractivity contribution is -0.146. The van der Waals surface area contributed by atoms with Crippen LogP contribution in [0, 0.1) is 0 Å². The second kappa shape index (κ2) is 8.93. The second-order valence-electron chi connectivity index (χ2n) is 7.20. The predicted molar refractivity (Wildman–Crippen MR) is 114 cm³/mol. The van der Waals surface area contributed by atoms with Gasteiger partial charge in [0.1, 0.15) is 12.6 Å². The van der Waals surface area contributed by atoms with Gasteiger partial charge in [-0.2, -0.15) is 0 Å². The van der Waals surface area contributed by atoms with Crippen molar-refractivity contribution in [3.05, 3.63) is 95.6 Å². The Kier molecular flexibility index (Phi) is 5.91. The highest BCUT2D eigenvalue weighted by atomic mass is 16.5. The molecule has 0 unspecified atom stereocenters. The molecule has 1 aliphatic carbocycles. The Bertz CT molecular complexity index is 1000. The minimum Gasteiger partial charge on any atom is -0.467 e. The number of fused-ring (bicyclic) bond motifs is 3. The molecule has 1 amide bonds. The summed E-state index contributed by atoms with van der Waals surface area (Å²) < 4.78 is 10.6. The van der Waals surface area contributed by atoms with Gasteiger partial charge in [0, 0.05) is 5.92 Å².